The fourth-order valence-corrected chi connectivity index (χ4v) is 3.56. The lowest BCUT2D eigenvalue weighted by Gasteiger charge is -2.22. The van der Waals surface area contributed by atoms with Gasteiger partial charge >= 0.3 is 6.03 Å². The smallest absolute Gasteiger partial charge is 0.317 e. The van der Waals surface area contributed by atoms with Crippen LogP contribution in [0.1, 0.15) is 29.7 Å². The van der Waals surface area contributed by atoms with Crippen LogP contribution in [0.25, 0.3) is 10.9 Å². The molecule has 1 saturated carbocycles. The van der Waals surface area contributed by atoms with Crippen LogP contribution in [0.15, 0.2) is 36.7 Å². The number of hydrogen-bond acceptors (Lipinski definition) is 2. The number of carbonyl (C=O) groups is 1. The summed E-state index contributed by atoms with van der Waals surface area (Å²) in [6.07, 6.45) is 6.81. The number of aromatic nitrogens is 3. The van der Waals surface area contributed by atoms with Gasteiger partial charge in [-0.15, -0.1) is 0 Å². The van der Waals surface area contributed by atoms with Gasteiger partial charge in [0.1, 0.15) is 0 Å². The zero-order chi connectivity index (χ0) is 18.1. The molecule has 1 aromatic carbocycles. The number of carbonyl (C=O) groups excluding carboxylic acids is 1. The van der Waals surface area contributed by atoms with Crippen LogP contribution in [0.4, 0.5) is 4.79 Å². The summed E-state index contributed by atoms with van der Waals surface area (Å²) in [4.78, 5) is 18.1. The van der Waals surface area contributed by atoms with E-state index in [1.165, 1.54) is 16.6 Å². The normalized spacial score (nSPS) is 13.9. The lowest BCUT2D eigenvalue weighted by molar-refractivity contribution is 0.192. The molecule has 0 unspecified atom stereocenters. The zero-order valence-electron chi connectivity index (χ0n) is 15.3. The summed E-state index contributed by atoms with van der Waals surface area (Å²) in [5, 5.41) is 8.55. The van der Waals surface area contributed by atoms with Gasteiger partial charge in [-0.05, 0) is 37.8 Å². The van der Waals surface area contributed by atoms with Crippen LogP contribution >= 0.6 is 0 Å². The number of H-pyrrole nitrogens is 1. The molecule has 2 aromatic heterocycles. The molecule has 6 heteroatoms. The van der Waals surface area contributed by atoms with E-state index in [0.29, 0.717) is 19.1 Å². The monoisotopic (exact) mass is 351 g/mol. The molecule has 0 atom stereocenters. The molecule has 1 fully saturated rings. The average molecular weight is 351 g/mol. The minimum absolute atomic E-state index is 0.0221. The van der Waals surface area contributed by atoms with Crippen molar-refractivity contribution in [1.82, 2.24) is 25.0 Å². The van der Waals surface area contributed by atoms with E-state index < -0.39 is 0 Å². The lowest BCUT2D eigenvalue weighted by atomic mass is 10.1. The first kappa shape index (κ1) is 16.7. The number of nitrogens with zero attached hydrogens (tertiary/aromatic N) is 3. The molecule has 0 aliphatic heterocycles. The van der Waals surface area contributed by atoms with Gasteiger partial charge in [-0.25, -0.2) is 4.79 Å². The second-order valence-electron chi connectivity index (χ2n) is 7.14. The maximum atomic E-state index is 12.7. The Labute approximate surface area is 153 Å². The predicted octanol–water partition coefficient (Wildman–Crippen LogP) is 3.13. The van der Waals surface area contributed by atoms with Gasteiger partial charge in [0, 0.05) is 48.0 Å². The van der Waals surface area contributed by atoms with Gasteiger partial charge in [-0.3, -0.25) is 4.68 Å². The Bertz CT molecular complexity index is 921. The van der Waals surface area contributed by atoms with Crippen molar-refractivity contribution in [3.8, 4) is 0 Å². The quantitative estimate of drug-likeness (QED) is 0.716. The van der Waals surface area contributed by atoms with Gasteiger partial charge in [0.05, 0.1) is 12.7 Å². The molecule has 2 amide bonds. The first-order chi connectivity index (χ1) is 12.6. The number of hydrogen-bond donors (Lipinski definition) is 2. The Hall–Kier alpha value is -2.76. The highest BCUT2D eigenvalue weighted by Gasteiger charge is 2.32. The molecular weight excluding hydrogens is 326 g/mol. The van der Waals surface area contributed by atoms with E-state index in [2.05, 4.69) is 40.5 Å². The van der Waals surface area contributed by atoms with Crippen LogP contribution in [-0.2, 0) is 20.0 Å². The fourth-order valence-electron chi connectivity index (χ4n) is 3.56. The molecule has 1 aliphatic rings. The summed E-state index contributed by atoms with van der Waals surface area (Å²) in [7, 11) is 1.90. The second-order valence-corrected chi connectivity index (χ2v) is 7.14. The molecule has 6 nitrogen and oxygen atoms in total. The standard InChI is InChI=1S/C20H25N5O/c1-14-17(18-5-3-4-6-19(18)23-14)9-10-21-20(26)25(16-7-8-16)13-15-11-22-24(2)12-15/h3-6,11-12,16,23H,7-10,13H2,1-2H3,(H,21,26). The van der Waals surface area contributed by atoms with E-state index in [1.807, 2.05) is 30.4 Å². The highest BCUT2D eigenvalue weighted by Crippen LogP contribution is 2.28. The second kappa shape index (κ2) is 6.86. The minimum atomic E-state index is 0.0221. The van der Waals surface area contributed by atoms with Gasteiger partial charge in [-0.2, -0.15) is 5.10 Å². The largest absolute Gasteiger partial charge is 0.358 e. The van der Waals surface area contributed by atoms with E-state index in [4.69, 9.17) is 0 Å². The number of aromatic amines is 1. The van der Waals surface area contributed by atoms with E-state index in [0.717, 1.165) is 30.3 Å². The van der Waals surface area contributed by atoms with Crippen molar-refractivity contribution in [2.24, 2.45) is 7.05 Å². The van der Waals surface area contributed by atoms with Gasteiger partial charge in [-0.1, -0.05) is 18.2 Å². The minimum Gasteiger partial charge on any atom is -0.358 e. The van der Waals surface area contributed by atoms with E-state index in [1.54, 1.807) is 4.68 Å². The Morgan fingerprint density at radius 1 is 1.38 bits per heavy atom. The maximum Gasteiger partial charge on any atom is 0.317 e. The first-order valence-electron chi connectivity index (χ1n) is 9.20. The topological polar surface area (TPSA) is 66.0 Å². The summed E-state index contributed by atoms with van der Waals surface area (Å²) in [5.41, 5.74) is 4.69. The average Bonchev–Trinajstić information content (AvgIpc) is 3.31. The SMILES string of the molecule is Cc1[nH]c2ccccc2c1CCNC(=O)N(Cc1cnn(C)c1)C1CC1. The van der Waals surface area contributed by atoms with Crippen LogP contribution in [0.2, 0.25) is 0 Å². The van der Waals surface area contributed by atoms with Crippen molar-refractivity contribution in [1.29, 1.82) is 0 Å². The molecule has 2 N–H and O–H groups in total. The fraction of sp³-hybridized carbons (Fsp3) is 0.400. The summed E-state index contributed by atoms with van der Waals surface area (Å²) < 4.78 is 1.78. The van der Waals surface area contributed by atoms with Gasteiger partial charge in [0.2, 0.25) is 0 Å². The number of urea groups is 1. The molecule has 26 heavy (non-hydrogen) atoms. The summed E-state index contributed by atoms with van der Waals surface area (Å²) in [6.45, 7) is 3.35. The third kappa shape index (κ3) is 3.45. The molecule has 136 valence electrons. The maximum absolute atomic E-state index is 12.7. The van der Waals surface area contributed by atoms with Crippen LogP contribution in [0, 0.1) is 6.92 Å². The Balaban J connectivity index is 1.38. The number of benzene rings is 1. The molecule has 1 aliphatic carbocycles. The highest BCUT2D eigenvalue weighted by atomic mass is 16.2. The molecule has 0 bridgehead atoms. The summed E-state index contributed by atoms with van der Waals surface area (Å²) >= 11 is 0. The molecule has 4 rings (SSSR count). The van der Waals surface area contributed by atoms with Crippen LogP contribution in [-0.4, -0.2) is 38.3 Å². The third-order valence-corrected chi connectivity index (χ3v) is 5.04. The van der Waals surface area contributed by atoms with Crippen molar-refractivity contribution in [2.75, 3.05) is 6.54 Å². The van der Waals surface area contributed by atoms with Crippen molar-refractivity contribution < 1.29 is 4.79 Å². The van der Waals surface area contributed by atoms with Crippen LogP contribution in [0.5, 0.6) is 0 Å². The van der Waals surface area contributed by atoms with E-state index in [9.17, 15) is 4.79 Å². The van der Waals surface area contributed by atoms with Crippen molar-refractivity contribution in [2.45, 2.75) is 38.8 Å². The van der Waals surface area contributed by atoms with Gasteiger partial charge in [0.25, 0.3) is 0 Å². The van der Waals surface area contributed by atoms with E-state index >= 15 is 0 Å². The molecule has 0 spiro atoms. The number of aryl methyl sites for hydroxylation is 2. The number of rotatable bonds is 6. The van der Waals surface area contributed by atoms with Crippen molar-refractivity contribution >= 4 is 16.9 Å². The summed E-state index contributed by atoms with van der Waals surface area (Å²) in [5.74, 6) is 0. The van der Waals surface area contributed by atoms with Crippen LogP contribution < -0.4 is 5.32 Å². The third-order valence-electron chi connectivity index (χ3n) is 5.04. The molecule has 2 heterocycles. The van der Waals surface area contributed by atoms with Gasteiger partial charge in [0.15, 0.2) is 0 Å². The number of amides is 2. The number of para-hydroxylation sites is 1. The molecular formula is C20H25N5O. The van der Waals surface area contributed by atoms with Crippen LogP contribution in [0.3, 0.4) is 0 Å². The molecule has 0 radical (unpaired) electrons. The number of fused-ring (bicyclic) bond motifs is 1. The lowest BCUT2D eigenvalue weighted by Crippen LogP contribution is -2.41. The molecule has 3 aromatic rings. The first-order valence-corrected chi connectivity index (χ1v) is 9.20. The van der Waals surface area contributed by atoms with Crippen molar-refractivity contribution in [3.05, 3.63) is 53.5 Å². The van der Waals surface area contributed by atoms with Gasteiger partial charge < -0.3 is 15.2 Å². The Kier molecular flexibility index (Phi) is 4.41. The summed E-state index contributed by atoms with van der Waals surface area (Å²) in [6, 6.07) is 8.71. The molecule has 0 saturated heterocycles. The highest BCUT2D eigenvalue weighted by molar-refractivity contribution is 5.84. The van der Waals surface area contributed by atoms with E-state index in [-0.39, 0.29) is 6.03 Å². The van der Waals surface area contributed by atoms with Crippen molar-refractivity contribution in [3.63, 3.8) is 0 Å². The Morgan fingerprint density at radius 3 is 2.92 bits per heavy atom. The number of nitrogens with one attached hydrogen (secondary N) is 2. The Morgan fingerprint density at radius 2 is 2.19 bits per heavy atom. The zero-order valence-corrected chi connectivity index (χ0v) is 15.3. The predicted molar refractivity (Wildman–Crippen MR) is 102 cm³/mol.